The predicted molar refractivity (Wildman–Crippen MR) is 148 cm³/mol. The second-order valence-electron chi connectivity index (χ2n) is 12.0. The number of carbonyl (C=O) groups is 2. The molecule has 3 atom stereocenters. The van der Waals surface area contributed by atoms with Gasteiger partial charge in [-0.25, -0.2) is 13.8 Å². The summed E-state index contributed by atoms with van der Waals surface area (Å²) in [7, 11) is 0. The number of allylic oxidation sites excluding steroid dienone is 1. The number of ether oxygens (including phenoxy) is 1. The van der Waals surface area contributed by atoms with E-state index < -0.39 is 29.5 Å². The number of hydrogen-bond donors (Lipinski definition) is 2. The largest absolute Gasteiger partial charge is 0.487 e. The Balaban J connectivity index is 1.48. The lowest BCUT2D eigenvalue weighted by Gasteiger charge is -2.39. The van der Waals surface area contributed by atoms with Crippen LogP contribution in [0.4, 0.5) is 8.78 Å². The standard InChI is InChI=1S/C31H34F2N4O3/c1-4-30-12-6-5-7-18-8-11-25-21(13-18)23(15-29(2,3)40-25)35-27(39)19-9-10-22-20(14-19)24(16-31(22,32)33)37(26(38)17-30)28(34)36-30/h5,7-11,13-14,23-24H,4,6,12,15-17H2,1-3H3,(H2,34,36)(H,35,39)/b7-5-/t23-,24+,30+/m0/s1. The minimum Gasteiger partial charge on any atom is -0.487 e. The highest BCUT2D eigenvalue weighted by molar-refractivity contribution is 6.00. The summed E-state index contributed by atoms with van der Waals surface area (Å²) in [4.78, 5) is 33.0. The van der Waals surface area contributed by atoms with Crippen molar-refractivity contribution in [2.75, 3.05) is 0 Å². The lowest BCUT2D eigenvalue weighted by atomic mass is 9.85. The lowest BCUT2D eigenvalue weighted by Crippen LogP contribution is -2.52. The molecule has 0 saturated carbocycles. The van der Waals surface area contributed by atoms with E-state index in [1.165, 1.54) is 23.1 Å². The third kappa shape index (κ3) is 4.45. The molecule has 7 nitrogen and oxygen atoms in total. The zero-order chi connectivity index (χ0) is 28.4. The van der Waals surface area contributed by atoms with Gasteiger partial charge in [0.2, 0.25) is 5.91 Å². The molecule has 1 aliphatic carbocycles. The SMILES string of the molecule is CC[C@@]12CC/C=C\c3ccc4c(c3)[C@H](CC(C)(C)O4)NC(=O)c3ccc4c(c3)[C@@H](CC4(F)F)N(C(=O)C1)C(N)=N2. The fraction of sp³-hybridized carbons (Fsp3) is 0.452. The van der Waals surface area contributed by atoms with E-state index in [1.54, 1.807) is 0 Å². The Bertz CT molecular complexity index is 1470. The summed E-state index contributed by atoms with van der Waals surface area (Å²) in [6.45, 7) is 5.91. The van der Waals surface area contributed by atoms with Crippen molar-refractivity contribution >= 4 is 23.8 Å². The smallest absolute Gasteiger partial charge is 0.275 e. The first-order valence-corrected chi connectivity index (χ1v) is 13.9. The van der Waals surface area contributed by atoms with Gasteiger partial charge in [0.25, 0.3) is 11.8 Å². The molecule has 6 bridgehead atoms. The molecule has 0 fully saturated rings. The molecule has 210 valence electrons. The van der Waals surface area contributed by atoms with Crippen LogP contribution in [0.15, 0.2) is 47.5 Å². The summed E-state index contributed by atoms with van der Waals surface area (Å²) in [6, 6.07) is 8.76. The Labute approximate surface area is 232 Å². The average Bonchev–Trinajstić information content (AvgIpc) is 3.15. The first kappa shape index (κ1) is 26.5. The van der Waals surface area contributed by atoms with Gasteiger partial charge in [-0.05, 0) is 68.5 Å². The van der Waals surface area contributed by atoms with Gasteiger partial charge in [0, 0.05) is 29.5 Å². The molecule has 0 radical (unpaired) electrons. The van der Waals surface area contributed by atoms with E-state index in [2.05, 4.69) is 5.32 Å². The van der Waals surface area contributed by atoms with Gasteiger partial charge in [-0.15, -0.1) is 0 Å². The highest BCUT2D eigenvalue weighted by Gasteiger charge is 2.51. The maximum absolute atomic E-state index is 15.2. The average molecular weight is 549 g/mol. The number of halogens is 2. The number of benzene rings is 2. The normalized spacial score (nSPS) is 29.1. The van der Waals surface area contributed by atoms with Crippen molar-refractivity contribution in [1.82, 2.24) is 10.2 Å². The van der Waals surface area contributed by atoms with Crippen LogP contribution in [0.1, 0.15) is 104 Å². The van der Waals surface area contributed by atoms with Crippen LogP contribution < -0.4 is 15.8 Å². The number of fused-ring (bicyclic) bond motifs is 4. The van der Waals surface area contributed by atoms with E-state index in [0.717, 1.165) is 11.1 Å². The summed E-state index contributed by atoms with van der Waals surface area (Å²) in [5.41, 5.74) is 7.27. The first-order chi connectivity index (χ1) is 18.9. The van der Waals surface area contributed by atoms with Gasteiger partial charge in [-0.1, -0.05) is 31.2 Å². The summed E-state index contributed by atoms with van der Waals surface area (Å²) >= 11 is 0. The van der Waals surface area contributed by atoms with Crippen molar-refractivity contribution in [3.05, 3.63) is 70.3 Å². The van der Waals surface area contributed by atoms with Crippen LogP contribution in [0.25, 0.3) is 6.08 Å². The number of carbonyl (C=O) groups excluding carboxylic acids is 2. The highest BCUT2D eigenvalue weighted by Crippen LogP contribution is 2.51. The molecular weight excluding hydrogens is 514 g/mol. The molecule has 0 spiro atoms. The number of hydrogen-bond acceptors (Lipinski definition) is 5. The molecule has 3 N–H and O–H groups in total. The maximum atomic E-state index is 15.2. The molecule has 5 aliphatic rings. The molecule has 0 unspecified atom stereocenters. The summed E-state index contributed by atoms with van der Waals surface area (Å²) in [5, 5.41) is 3.12. The minimum absolute atomic E-state index is 0.0450. The van der Waals surface area contributed by atoms with Gasteiger partial charge < -0.3 is 15.8 Å². The first-order valence-electron chi connectivity index (χ1n) is 13.9. The minimum atomic E-state index is -3.17. The number of nitrogens with zero attached hydrogens (tertiary/aromatic N) is 2. The van der Waals surface area contributed by atoms with Crippen LogP contribution in [-0.4, -0.2) is 33.8 Å². The lowest BCUT2D eigenvalue weighted by molar-refractivity contribution is -0.132. The second kappa shape index (κ2) is 9.14. The Kier molecular flexibility index (Phi) is 6.05. The quantitative estimate of drug-likeness (QED) is 0.474. The van der Waals surface area contributed by atoms with Gasteiger partial charge in [-0.2, -0.15) is 0 Å². The van der Waals surface area contributed by atoms with E-state index >= 15 is 8.78 Å². The molecular formula is C31H34F2N4O3. The number of guanidine groups is 1. The third-order valence-electron chi connectivity index (χ3n) is 8.72. The summed E-state index contributed by atoms with van der Waals surface area (Å²) in [5.74, 6) is -3.22. The summed E-state index contributed by atoms with van der Waals surface area (Å²) in [6.07, 6.45) is 5.93. The van der Waals surface area contributed by atoms with E-state index in [1.807, 2.05) is 51.1 Å². The van der Waals surface area contributed by atoms with Gasteiger partial charge in [0.15, 0.2) is 5.96 Å². The van der Waals surface area contributed by atoms with E-state index in [9.17, 15) is 9.59 Å². The van der Waals surface area contributed by atoms with Crippen molar-refractivity contribution in [2.24, 2.45) is 10.7 Å². The second-order valence-corrected chi connectivity index (χ2v) is 12.0. The predicted octanol–water partition coefficient (Wildman–Crippen LogP) is 5.76. The number of rotatable bonds is 1. The van der Waals surface area contributed by atoms with Crippen LogP contribution in [0.5, 0.6) is 5.75 Å². The summed E-state index contributed by atoms with van der Waals surface area (Å²) < 4.78 is 36.6. The Morgan fingerprint density at radius 2 is 1.93 bits per heavy atom. The van der Waals surface area contributed by atoms with E-state index in [-0.39, 0.29) is 46.9 Å². The van der Waals surface area contributed by atoms with Crippen LogP contribution in [0.2, 0.25) is 0 Å². The molecule has 2 amide bonds. The molecule has 0 saturated heterocycles. The number of amides is 2. The van der Waals surface area contributed by atoms with E-state index in [0.29, 0.717) is 31.4 Å². The highest BCUT2D eigenvalue weighted by atomic mass is 19.3. The number of aliphatic imine (C=N–C) groups is 1. The fourth-order valence-corrected chi connectivity index (χ4v) is 6.61. The third-order valence-corrected chi connectivity index (χ3v) is 8.72. The van der Waals surface area contributed by atoms with Crippen LogP contribution in [0, 0.1) is 0 Å². The fourth-order valence-electron chi connectivity index (χ4n) is 6.61. The molecule has 2 aromatic rings. The molecule has 40 heavy (non-hydrogen) atoms. The van der Waals surface area contributed by atoms with E-state index in [4.69, 9.17) is 15.5 Å². The monoisotopic (exact) mass is 548 g/mol. The topological polar surface area (TPSA) is 97.0 Å². The van der Waals surface area contributed by atoms with Crippen LogP contribution >= 0.6 is 0 Å². The number of alkyl halides is 2. The molecule has 4 aliphatic heterocycles. The van der Waals surface area contributed by atoms with Gasteiger partial charge in [0.05, 0.1) is 24.0 Å². The van der Waals surface area contributed by atoms with Crippen LogP contribution in [0.3, 0.4) is 0 Å². The van der Waals surface area contributed by atoms with Crippen molar-refractivity contribution in [3.8, 4) is 5.75 Å². The Hall–Kier alpha value is -3.75. The van der Waals surface area contributed by atoms with Gasteiger partial charge >= 0.3 is 0 Å². The maximum Gasteiger partial charge on any atom is 0.275 e. The molecule has 9 heteroatoms. The molecule has 7 rings (SSSR count). The van der Waals surface area contributed by atoms with Gasteiger partial charge in [-0.3, -0.25) is 14.5 Å². The zero-order valence-electron chi connectivity index (χ0n) is 23.0. The number of nitrogens with one attached hydrogen (secondary N) is 1. The Morgan fingerprint density at radius 1 is 1.12 bits per heavy atom. The molecule has 0 aromatic heterocycles. The van der Waals surface area contributed by atoms with Gasteiger partial charge in [0.1, 0.15) is 11.4 Å². The molecule has 4 heterocycles. The number of nitrogens with two attached hydrogens (primary N) is 1. The van der Waals surface area contributed by atoms with Crippen LogP contribution in [-0.2, 0) is 10.7 Å². The van der Waals surface area contributed by atoms with Crippen molar-refractivity contribution in [1.29, 1.82) is 0 Å². The van der Waals surface area contributed by atoms with Crippen molar-refractivity contribution in [3.63, 3.8) is 0 Å². The zero-order valence-corrected chi connectivity index (χ0v) is 23.0. The molecule has 2 aromatic carbocycles. The Morgan fingerprint density at radius 3 is 2.67 bits per heavy atom. The van der Waals surface area contributed by atoms with Crippen molar-refractivity contribution in [2.45, 2.75) is 88.4 Å². The van der Waals surface area contributed by atoms with Crippen molar-refractivity contribution < 1.29 is 23.1 Å².